The molecule has 5 aromatic rings. The predicted octanol–water partition coefficient (Wildman–Crippen LogP) is 9.39. The fourth-order valence-corrected chi connectivity index (χ4v) is 6.32. The van der Waals surface area contributed by atoms with Gasteiger partial charge < -0.3 is 0 Å². The lowest BCUT2D eigenvalue weighted by molar-refractivity contribution is -0.138. The Kier molecular flexibility index (Phi) is 6.02. The van der Waals surface area contributed by atoms with Crippen molar-refractivity contribution in [3.63, 3.8) is 0 Å². The molecule has 5 nitrogen and oxygen atoms in total. The van der Waals surface area contributed by atoms with Gasteiger partial charge in [0.1, 0.15) is 11.6 Å². The van der Waals surface area contributed by atoms with Crippen molar-refractivity contribution in [3.05, 3.63) is 113 Å². The number of benzene rings is 1. The lowest BCUT2D eigenvalue weighted by atomic mass is 9.67. The number of pyridine rings is 4. The zero-order valence-corrected chi connectivity index (χ0v) is 24.5. The van der Waals surface area contributed by atoms with Gasteiger partial charge in [-0.05, 0) is 47.5 Å². The molecule has 0 spiro atoms. The molecule has 0 amide bonds. The molecule has 45 heavy (non-hydrogen) atoms. The molecule has 0 radical (unpaired) electrons. The molecule has 0 saturated heterocycles. The largest absolute Gasteiger partial charge is 0.417 e. The van der Waals surface area contributed by atoms with Crippen LogP contribution in [0.3, 0.4) is 0 Å². The molecule has 2 aliphatic heterocycles. The van der Waals surface area contributed by atoms with Gasteiger partial charge in [-0.3, -0.25) is 14.9 Å². The number of hydrogen-bond acceptors (Lipinski definition) is 5. The first-order valence-electron chi connectivity index (χ1n) is 14.1. The molecule has 0 fully saturated rings. The SMILES string of the molecule is CC1(C)c2ccc(-c3ccc(C(F)(F)F)cn3)nc2N2c3nc(-c4ccc(C(F)(F)F)cn4)ccc3C(C)(C)c3cccc1c32. The number of fused-ring (bicyclic) bond motifs is 4. The van der Waals surface area contributed by atoms with Crippen LogP contribution in [-0.2, 0) is 23.2 Å². The molecule has 4 aromatic heterocycles. The predicted molar refractivity (Wildman–Crippen MR) is 157 cm³/mol. The van der Waals surface area contributed by atoms with E-state index in [0.717, 1.165) is 52.5 Å². The molecule has 0 N–H and O–H groups in total. The molecule has 0 unspecified atom stereocenters. The van der Waals surface area contributed by atoms with Gasteiger partial charge in [0.05, 0.1) is 39.6 Å². The van der Waals surface area contributed by atoms with E-state index < -0.39 is 34.3 Å². The first kappa shape index (κ1) is 28.9. The molecule has 11 heteroatoms. The number of anilines is 3. The fourth-order valence-electron chi connectivity index (χ4n) is 6.32. The Bertz CT molecular complexity index is 1840. The van der Waals surface area contributed by atoms with Gasteiger partial charge in [0.25, 0.3) is 0 Å². The zero-order valence-electron chi connectivity index (χ0n) is 24.5. The highest BCUT2D eigenvalue weighted by atomic mass is 19.4. The maximum atomic E-state index is 13.2. The van der Waals surface area contributed by atoms with Crippen LogP contribution in [0.2, 0.25) is 0 Å². The van der Waals surface area contributed by atoms with Gasteiger partial charge in [0.2, 0.25) is 0 Å². The van der Waals surface area contributed by atoms with Gasteiger partial charge in [0, 0.05) is 34.4 Å². The van der Waals surface area contributed by atoms with E-state index in [9.17, 15) is 26.3 Å². The summed E-state index contributed by atoms with van der Waals surface area (Å²) in [6.07, 6.45) is -7.46. The van der Waals surface area contributed by atoms with E-state index >= 15 is 0 Å². The van der Waals surface area contributed by atoms with Crippen molar-refractivity contribution in [2.24, 2.45) is 0 Å². The van der Waals surface area contributed by atoms with Crippen LogP contribution >= 0.6 is 0 Å². The molecule has 0 bridgehead atoms. The summed E-state index contributed by atoms with van der Waals surface area (Å²) in [5.41, 5.74) is 3.29. The van der Waals surface area contributed by atoms with E-state index in [1.807, 2.05) is 23.1 Å². The van der Waals surface area contributed by atoms with E-state index in [2.05, 4.69) is 49.8 Å². The standard InChI is InChI=1S/C34H25F6N5/c1-31(2)20-6-5-7-21-28(20)45(29-22(31)10-14-26(43-29)24-12-8-18(16-41-24)33(35,36)37)30-23(32(21,3)4)11-15-27(44-30)25-13-9-19(17-42-25)34(38,39)40/h5-17H,1-4H3. The van der Waals surface area contributed by atoms with Crippen molar-refractivity contribution >= 4 is 17.3 Å². The van der Waals surface area contributed by atoms with Crippen LogP contribution in [0.1, 0.15) is 61.1 Å². The summed E-state index contributed by atoms with van der Waals surface area (Å²) in [5.74, 6) is 1.09. The highest BCUT2D eigenvalue weighted by molar-refractivity contribution is 5.91. The van der Waals surface area contributed by atoms with E-state index in [-0.39, 0.29) is 11.4 Å². The fraction of sp³-hybridized carbons (Fsp3) is 0.235. The Labute approximate surface area is 254 Å². The molecule has 6 heterocycles. The lowest BCUT2D eigenvalue weighted by Crippen LogP contribution is -2.39. The Balaban J connectivity index is 1.44. The van der Waals surface area contributed by atoms with Gasteiger partial charge in [-0.25, -0.2) is 9.97 Å². The van der Waals surface area contributed by atoms with Crippen molar-refractivity contribution < 1.29 is 26.3 Å². The molecular formula is C34H25F6N5. The number of para-hydroxylation sites is 1. The number of halogens is 6. The quantitative estimate of drug-likeness (QED) is 0.185. The van der Waals surface area contributed by atoms with Crippen LogP contribution in [0.15, 0.2) is 79.1 Å². The van der Waals surface area contributed by atoms with Crippen molar-refractivity contribution in [3.8, 4) is 22.8 Å². The molecule has 1 aromatic carbocycles. The maximum absolute atomic E-state index is 13.2. The molecule has 0 aliphatic carbocycles. The van der Waals surface area contributed by atoms with E-state index in [1.165, 1.54) is 12.1 Å². The minimum Gasteiger partial charge on any atom is -0.278 e. The second-order valence-electron chi connectivity index (χ2n) is 12.3. The summed E-state index contributed by atoms with van der Waals surface area (Å²) >= 11 is 0. The van der Waals surface area contributed by atoms with Crippen LogP contribution < -0.4 is 4.90 Å². The van der Waals surface area contributed by atoms with Crippen molar-refractivity contribution in [1.82, 2.24) is 19.9 Å². The van der Waals surface area contributed by atoms with E-state index in [1.54, 1.807) is 12.1 Å². The minimum atomic E-state index is -4.52. The van der Waals surface area contributed by atoms with E-state index in [4.69, 9.17) is 9.97 Å². The molecule has 228 valence electrons. The van der Waals surface area contributed by atoms with Gasteiger partial charge in [-0.1, -0.05) is 58.0 Å². The minimum absolute atomic E-state index is 0.274. The first-order valence-corrected chi connectivity index (χ1v) is 14.1. The molecule has 2 aliphatic rings. The average Bonchev–Trinajstić information content (AvgIpc) is 2.99. The summed E-state index contributed by atoms with van der Waals surface area (Å²) in [7, 11) is 0. The number of rotatable bonds is 2. The Hall–Kier alpha value is -4.80. The van der Waals surface area contributed by atoms with Crippen LogP contribution in [0, 0.1) is 0 Å². The summed E-state index contributed by atoms with van der Waals surface area (Å²) in [6, 6.07) is 18.0. The van der Waals surface area contributed by atoms with Crippen LogP contribution in [0.4, 0.5) is 43.7 Å². The molecule has 0 atom stereocenters. The normalized spacial score (nSPS) is 16.1. The number of hydrogen-bond donors (Lipinski definition) is 0. The van der Waals surface area contributed by atoms with Crippen LogP contribution in [-0.4, -0.2) is 19.9 Å². The average molecular weight is 618 g/mol. The second-order valence-corrected chi connectivity index (χ2v) is 12.3. The maximum Gasteiger partial charge on any atom is 0.417 e. The Morgan fingerprint density at radius 3 is 1.27 bits per heavy atom. The van der Waals surface area contributed by atoms with Crippen LogP contribution in [0.25, 0.3) is 22.8 Å². The topological polar surface area (TPSA) is 54.8 Å². The molecule has 0 saturated carbocycles. The third-order valence-electron chi connectivity index (χ3n) is 8.83. The highest BCUT2D eigenvalue weighted by Crippen LogP contribution is 2.59. The van der Waals surface area contributed by atoms with Crippen molar-refractivity contribution in [2.45, 2.75) is 50.9 Å². The van der Waals surface area contributed by atoms with Gasteiger partial charge in [-0.15, -0.1) is 0 Å². The van der Waals surface area contributed by atoms with Gasteiger partial charge >= 0.3 is 12.4 Å². The van der Waals surface area contributed by atoms with Gasteiger partial charge in [-0.2, -0.15) is 26.3 Å². The smallest absolute Gasteiger partial charge is 0.278 e. The van der Waals surface area contributed by atoms with E-state index in [0.29, 0.717) is 23.0 Å². The van der Waals surface area contributed by atoms with Gasteiger partial charge in [0.15, 0.2) is 0 Å². The number of alkyl halides is 6. The third kappa shape index (κ3) is 4.39. The Morgan fingerprint density at radius 2 is 0.911 bits per heavy atom. The van der Waals surface area contributed by atoms with Crippen molar-refractivity contribution in [1.29, 1.82) is 0 Å². The summed E-state index contributed by atoms with van der Waals surface area (Å²) in [6.45, 7) is 8.37. The molecular weight excluding hydrogens is 592 g/mol. The Morgan fingerprint density at radius 1 is 0.511 bits per heavy atom. The lowest BCUT2D eigenvalue weighted by Gasteiger charge is -2.48. The number of aromatic nitrogens is 4. The zero-order chi connectivity index (χ0) is 32.1. The number of nitrogens with zero attached hydrogens (tertiary/aromatic N) is 5. The second kappa shape index (κ2) is 9.35. The summed E-state index contributed by atoms with van der Waals surface area (Å²) in [5, 5.41) is 0. The van der Waals surface area contributed by atoms with Crippen molar-refractivity contribution in [2.75, 3.05) is 4.90 Å². The monoisotopic (exact) mass is 617 g/mol. The summed E-state index contributed by atoms with van der Waals surface area (Å²) in [4.78, 5) is 20.1. The molecule has 7 rings (SSSR count). The van der Waals surface area contributed by atoms with Crippen LogP contribution in [0.5, 0.6) is 0 Å². The third-order valence-corrected chi connectivity index (χ3v) is 8.83. The first-order chi connectivity index (χ1) is 21.1. The highest BCUT2D eigenvalue weighted by Gasteiger charge is 2.47. The summed E-state index contributed by atoms with van der Waals surface area (Å²) < 4.78 is 79.3.